The molecule has 0 aliphatic carbocycles. The van der Waals surface area contributed by atoms with Gasteiger partial charge in [-0.15, -0.1) is 0 Å². The van der Waals surface area contributed by atoms with Crippen LogP contribution in [-0.2, 0) is 0 Å². The second-order valence-electron chi connectivity index (χ2n) is 7.71. The number of para-hydroxylation sites is 1. The van der Waals surface area contributed by atoms with E-state index in [2.05, 4.69) is 29.7 Å². The first kappa shape index (κ1) is 15.7. The van der Waals surface area contributed by atoms with Gasteiger partial charge in [-0.1, -0.05) is 18.2 Å². The second kappa shape index (κ2) is 5.82. The van der Waals surface area contributed by atoms with Crippen LogP contribution in [0.3, 0.4) is 0 Å². The average molecular weight is 372 g/mol. The summed E-state index contributed by atoms with van der Waals surface area (Å²) in [6, 6.07) is 12.4. The molecule has 6 rings (SSSR count). The standard InChI is InChI=1S/C21H20N6O/c28-21(18-9-13-3-1-2-4-17(13)25-18)27-14-5-6-15(27)11-26(10-14)20-16-7-8-22-19(16)23-12-24-20/h1-4,7-9,12,14-15,25H,5-6,10-11H2,(H,22,23,24)/t14-,15+. The van der Waals surface area contributed by atoms with Crippen LogP contribution in [-0.4, -0.2) is 55.9 Å². The molecule has 5 heterocycles. The monoisotopic (exact) mass is 372 g/mol. The quantitative estimate of drug-likeness (QED) is 0.567. The molecule has 1 amide bonds. The van der Waals surface area contributed by atoms with Gasteiger partial charge >= 0.3 is 0 Å². The Bertz CT molecular complexity index is 1150. The van der Waals surface area contributed by atoms with Gasteiger partial charge in [0.05, 0.1) is 17.5 Å². The van der Waals surface area contributed by atoms with Crippen molar-refractivity contribution in [1.82, 2.24) is 24.8 Å². The summed E-state index contributed by atoms with van der Waals surface area (Å²) in [6.45, 7) is 1.61. The lowest BCUT2D eigenvalue weighted by Gasteiger charge is -2.41. The van der Waals surface area contributed by atoms with E-state index in [1.807, 2.05) is 42.6 Å². The number of aromatic amines is 2. The van der Waals surface area contributed by atoms with E-state index in [1.54, 1.807) is 6.33 Å². The van der Waals surface area contributed by atoms with E-state index in [1.165, 1.54) is 0 Å². The number of aromatic nitrogens is 4. The number of nitrogens with zero attached hydrogens (tertiary/aromatic N) is 4. The minimum Gasteiger partial charge on any atom is -0.352 e. The van der Waals surface area contributed by atoms with Crippen LogP contribution in [0.1, 0.15) is 23.3 Å². The first-order valence-corrected chi connectivity index (χ1v) is 9.71. The molecule has 28 heavy (non-hydrogen) atoms. The molecule has 2 N–H and O–H groups in total. The minimum absolute atomic E-state index is 0.109. The van der Waals surface area contributed by atoms with Gasteiger partial charge in [0.15, 0.2) is 0 Å². The predicted octanol–water partition coefficient (Wildman–Crippen LogP) is 2.93. The van der Waals surface area contributed by atoms with Crippen molar-refractivity contribution in [1.29, 1.82) is 0 Å². The summed E-state index contributed by atoms with van der Waals surface area (Å²) < 4.78 is 0. The van der Waals surface area contributed by atoms with Crippen LogP contribution in [0.4, 0.5) is 5.82 Å². The summed E-state index contributed by atoms with van der Waals surface area (Å²) in [7, 11) is 0. The summed E-state index contributed by atoms with van der Waals surface area (Å²) in [6.07, 6.45) is 5.58. The van der Waals surface area contributed by atoms with Gasteiger partial charge in [-0.2, -0.15) is 0 Å². The first-order valence-electron chi connectivity index (χ1n) is 9.71. The molecule has 0 spiro atoms. The van der Waals surface area contributed by atoms with Crippen molar-refractivity contribution in [2.24, 2.45) is 0 Å². The summed E-state index contributed by atoms with van der Waals surface area (Å²) in [5.74, 6) is 1.07. The van der Waals surface area contributed by atoms with Crippen molar-refractivity contribution >= 4 is 33.7 Å². The van der Waals surface area contributed by atoms with Crippen LogP contribution in [0.2, 0.25) is 0 Å². The van der Waals surface area contributed by atoms with Crippen LogP contribution in [0.15, 0.2) is 48.9 Å². The van der Waals surface area contributed by atoms with Crippen molar-refractivity contribution in [3.8, 4) is 0 Å². The maximum absolute atomic E-state index is 13.3. The van der Waals surface area contributed by atoms with Crippen LogP contribution in [0, 0.1) is 0 Å². The molecule has 1 aromatic carbocycles. The van der Waals surface area contributed by atoms with Crippen molar-refractivity contribution in [3.63, 3.8) is 0 Å². The van der Waals surface area contributed by atoms with Gasteiger partial charge in [-0.05, 0) is 31.0 Å². The lowest BCUT2D eigenvalue weighted by molar-refractivity contribution is 0.0636. The molecule has 0 unspecified atom stereocenters. The highest BCUT2D eigenvalue weighted by Gasteiger charge is 2.43. The first-order chi connectivity index (χ1) is 13.8. The predicted molar refractivity (Wildman–Crippen MR) is 107 cm³/mol. The van der Waals surface area contributed by atoms with Crippen LogP contribution in [0.25, 0.3) is 21.9 Å². The molecular weight excluding hydrogens is 352 g/mol. The fourth-order valence-electron chi connectivity index (χ4n) is 4.85. The lowest BCUT2D eigenvalue weighted by atomic mass is 10.1. The Morgan fingerprint density at radius 1 is 1.07 bits per heavy atom. The molecule has 2 atom stereocenters. The van der Waals surface area contributed by atoms with E-state index in [9.17, 15) is 4.79 Å². The van der Waals surface area contributed by atoms with E-state index in [-0.39, 0.29) is 18.0 Å². The fourth-order valence-corrected chi connectivity index (χ4v) is 4.85. The number of hydrogen-bond donors (Lipinski definition) is 2. The number of benzene rings is 1. The Hall–Kier alpha value is -3.35. The molecule has 7 heteroatoms. The van der Waals surface area contributed by atoms with Crippen molar-refractivity contribution in [2.75, 3.05) is 18.0 Å². The van der Waals surface area contributed by atoms with Crippen molar-refractivity contribution in [2.45, 2.75) is 24.9 Å². The highest BCUT2D eigenvalue weighted by atomic mass is 16.2. The Morgan fingerprint density at radius 2 is 1.89 bits per heavy atom. The highest BCUT2D eigenvalue weighted by molar-refractivity contribution is 5.98. The Labute approximate surface area is 161 Å². The third-order valence-corrected chi connectivity index (χ3v) is 6.11. The van der Waals surface area contributed by atoms with Gasteiger partial charge in [0.1, 0.15) is 23.5 Å². The summed E-state index contributed by atoms with van der Waals surface area (Å²) in [5.41, 5.74) is 2.54. The van der Waals surface area contributed by atoms with Crippen LogP contribution in [0.5, 0.6) is 0 Å². The molecule has 0 saturated carbocycles. The normalized spacial score (nSPS) is 21.7. The van der Waals surface area contributed by atoms with Gasteiger partial charge < -0.3 is 19.8 Å². The smallest absolute Gasteiger partial charge is 0.270 e. The molecule has 2 saturated heterocycles. The second-order valence-corrected chi connectivity index (χ2v) is 7.71. The lowest BCUT2D eigenvalue weighted by Crippen LogP contribution is -2.56. The largest absolute Gasteiger partial charge is 0.352 e. The number of fused-ring (bicyclic) bond motifs is 4. The van der Waals surface area contributed by atoms with Gasteiger partial charge in [0.25, 0.3) is 5.91 Å². The maximum Gasteiger partial charge on any atom is 0.270 e. The van der Waals surface area contributed by atoms with Gasteiger partial charge in [-0.25, -0.2) is 9.97 Å². The van der Waals surface area contributed by atoms with Crippen molar-refractivity contribution < 1.29 is 4.79 Å². The minimum atomic E-state index is 0.109. The zero-order valence-electron chi connectivity index (χ0n) is 15.3. The van der Waals surface area contributed by atoms with E-state index >= 15 is 0 Å². The fraction of sp³-hybridized carbons (Fsp3) is 0.286. The molecule has 2 aliphatic rings. The molecule has 0 radical (unpaired) electrons. The number of carbonyl (C=O) groups excluding carboxylic acids is 1. The summed E-state index contributed by atoms with van der Waals surface area (Å²) in [5, 5.41) is 2.12. The van der Waals surface area contributed by atoms with Gasteiger partial charge in [0, 0.05) is 30.2 Å². The maximum atomic E-state index is 13.3. The molecule has 4 aromatic rings. The van der Waals surface area contributed by atoms with Crippen molar-refractivity contribution in [3.05, 3.63) is 54.6 Å². The SMILES string of the molecule is O=C(c1cc2ccccc2[nH]1)N1[C@@H]2CC[C@H]1CN(c1ncnc3[nH]ccc13)C2. The molecule has 3 aromatic heterocycles. The van der Waals surface area contributed by atoms with Gasteiger partial charge in [-0.3, -0.25) is 4.79 Å². The number of H-pyrrole nitrogens is 2. The summed E-state index contributed by atoms with van der Waals surface area (Å²) >= 11 is 0. The Kier molecular flexibility index (Phi) is 3.26. The average Bonchev–Trinajstić information content (AvgIpc) is 3.42. The molecule has 7 nitrogen and oxygen atoms in total. The number of piperazine rings is 1. The van der Waals surface area contributed by atoms with E-state index in [0.717, 1.165) is 53.7 Å². The zero-order valence-corrected chi connectivity index (χ0v) is 15.3. The number of anilines is 1. The topological polar surface area (TPSA) is 80.9 Å². The van der Waals surface area contributed by atoms with E-state index in [4.69, 9.17) is 0 Å². The highest BCUT2D eigenvalue weighted by Crippen LogP contribution is 2.35. The van der Waals surface area contributed by atoms with Gasteiger partial charge in [0.2, 0.25) is 0 Å². The number of nitrogens with one attached hydrogen (secondary N) is 2. The molecule has 2 fully saturated rings. The molecule has 2 aliphatic heterocycles. The molecular formula is C21H20N6O. The van der Waals surface area contributed by atoms with Crippen LogP contribution >= 0.6 is 0 Å². The number of amides is 1. The zero-order chi connectivity index (χ0) is 18.7. The third-order valence-electron chi connectivity index (χ3n) is 6.11. The summed E-state index contributed by atoms with van der Waals surface area (Å²) in [4.78, 5) is 33.0. The number of rotatable bonds is 2. The van der Waals surface area contributed by atoms with Crippen LogP contribution < -0.4 is 4.90 Å². The number of carbonyl (C=O) groups is 1. The Balaban J connectivity index is 1.30. The van der Waals surface area contributed by atoms with E-state index < -0.39 is 0 Å². The number of hydrogen-bond acceptors (Lipinski definition) is 4. The third kappa shape index (κ3) is 2.25. The molecule has 140 valence electrons. The Morgan fingerprint density at radius 3 is 2.71 bits per heavy atom. The van der Waals surface area contributed by atoms with E-state index in [0.29, 0.717) is 5.69 Å². The molecule has 2 bridgehead atoms.